The Morgan fingerprint density at radius 3 is 2.71 bits per heavy atom. The summed E-state index contributed by atoms with van der Waals surface area (Å²) in [5.41, 5.74) is 3.49. The minimum atomic E-state index is 0.532. The lowest BCUT2D eigenvalue weighted by molar-refractivity contribution is 0.756. The first-order valence-corrected chi connectivity index (χ1v) is 5.83. The van der Waals surface area contributed by atoms with Crippen LogP contribution in [0.2, 0.25) is 0 Å². The first-order valence-electron chi connectivity index (χ1n) is 5.04. The SMILES string of the molecule is Cc1nn(C)cc1-c1ccc2nc(Br)nn2n1. The summed E-state index contributed by atoms with van der Waals surface area (Å²) in [6.07, 6.45) is 1.94. The number of aromatic nitrogens is 6. The number of halogens is 1. The largest absolute Gasteiger partial charge is 0.275 e. The van der Waals surface area contributed by atoms with E-state index in [1.807, 2.05) is 32.3 Å². The van der Waals surface area contributed by atoms with Crippen LogP contribution in [0.25, 0.3) is 16.9 Å². The molecule has 3 heterocycles. The number of aryl methyl sites for hydroxylation is 2. The van der Waals surface area contributed by atoms with Gasteiger partial charge in [-0.3, -0.25) is 4.68 Å². The minimum absolute atomic E-state index is 0.532. The molecule has 0 saturated carbocycles. The Labute approximate surface area is 105 Å². The summed E-state index contributed by atoms with van der Waals surface area (Å²) in [7, 11) is 1.89. The maximum atomic E-state index is 4.40. The molecule has 0 aliphatic carbocycles. The van der Waals surface area contributed by atoms with Gasteiger partial charge in [0.05, 0.1) is 11.4 Å². The van der Waals surface area contributed by atoms with Crippen molar-refractivity contribution >= 4 is 21.6 Å². The van der Waals surface area contributed by atoms with Gasteiger partial charge in [-0.25, -0.2) is 0 Å². The van der Waals surface area contributed by atoms with Crippen molar-refractivity contribution in [3.05, 3.63) is 28.8 Å². The number of rotatable bonds is 1. The highest BCUT2D eigenvalue weighted by molar-refractivity contribution is 9.10. The van der Waals surface area contributed by atoms with Gasteiger partial charge in [0, 0.05) is 18.8 Å². The van der Waals surface area contributed by atoms with Crippen molar-refractivity contribution in [3.8, 4) is 11.3 Å². The van der Waals surface area contributed by atoms with Gasteiger partial charge in [0.2, 0.25) is 4.73 Å². The molecule has 0 aliphatic rings. The average Bonchev–Trinajstić information content (AvgIpc) is 2.78. The Kier molecular flexibility index (Phi) is 2.22. The second kappa shape index (κ2) is 3.63. The molecule has 3 rings (SSSR count). The van der Waals surface area contributed by atoms with Crippen molar-refractivity contribution in [2.45, 2.75) is 6.92 Å². The molecule has 0 fully saturated rings. The van der Waals surface area contributed by atoms with E-state index >= 15 is 0 Å². The van der Waals surface area contributed by atoms with Crippen molar-refractivity contribution in [1.82, 2.24) is 29.6 Å². The molecule has 0 unspecified atom stereocenters. The zero-order chi connectivity index (χ0) is 12.0. The first kappa shape index (κ1) is 10.4. The smallest absolute Gasteiger partial charge is 0.220 e. The molecule has 0 aliphatic heterocycles. The van der Waals surface area contributed by atoms with Crippen LogP contribution in [0.1, 0.15) is 5.69 Å². The monoisotopic (exact) mass is 292 g/mol. The molecule has 0 amide bonds. The Morgan fingerprint density at radius 1 is 1.18 bits per heavy atom. The molecule has 0 N–H and O–H groups in total. The van der Waals surface area contributed by atoms with Crippen LogP contribution in [-0.2, 0) is 7.05 Å². The van der Waals surface area contributed by atoms with Gasteiger partial charge < -0.3 is 0 Å². The van der Waals surface area contributed by atoms with Crippen molar-refractivity contribution < 1.29 is 0 Å². The molecule has 0 spiro atoms. The molecule has 3 aromatic rings. The van der Waals surface area contributed by atoms with Crippen LogP contribution in [0.4, 0.5) is 0 Å². The van der Waals surface area contributed by atoms with Crippen LogP contribution in [0.3, 0.4) is 0 Å². The maximum Gasteiger partial charge on any atom is 0.220 e. The van der Waals surface area contributed by atoms with Gasteiger partial charge in [-0.05, 0) is 35.0 Å². The van der Waals surface area contributed by atoms with E-state index in [4.69, 9.17) is 0 Å². The lowest BCUT2D eigenvalue weighted by Gasteiger charge is -1.97. The third-order valence-electron chi connectivity index (χ3n) is 2.47. The molecule has 0 aromatic carbocycles. The third-order valence-corrected chi connectivity index (χ3v) is 2.81. The Morgan fingerprint density at radius 2 is 2.00 bits per heavy atom. The summed E-state index contributed by atoms with van der Waals surface area (Å²) < 4.78 is 3.81. The predicted octanol–water partition coefficient (Wildman–Crippen LogP) is 1.60. The molecular weight excluding hydrogens is 284 g/mol. The van der Waals surface area contributed by atoms with E-state index < -0.39 is 0 Å². The zero-order valence-electron chi connectivity index (χ0n) is 9.29. The fourth-order valence-corrected chi connectivity index (χ4v) is 2.08. The summed E-state index contributed by atoms with van der Waals surface area (Å²) in [5, 5.41) is 12.8. The van der Waals surface area contributed by atoms with Gasteiger partial charge in [-0.2, -0.15) is 10.1 Å². The normalized spacial score (nSPS) is 11.2. The van der Waals surface area contributed by atoms with Crippen LogP contribution >= 0.6 is 15.9 Å². The van der Waals surface area contributed by atoms with Crippen molar-refractivity contribution in [1.29, 1.82) is 0 Å². The van der Waals surface area contributed by atoms with Crippen molar-refractivity contribution in [3.63, 3.8) is 0 Å². The third kappa shape index (κ3) is 1.72. The van der Waals surface area contributed by atoms with E-state index in [9.17, 15) is 0 Å². The lowest BCUT2D eigenvalue weighted by Crippen LogP contribution is -1.96. The molecule has 0 saturated heterocycles. The van der Waals surface area contributed by atoms with Crippen LogP contribution < -0.4 is 0 Å². The van der Waals surface area contributed by atoms with E-state index in [1.165, 1.54) is 4.63 Å². The van der Waals surface area contributed by atoms with Gasteiger partial charge in [0.25, 0.3) is 0 Å². The highest BCUT2D eigenvalue weighted by Gasteiger charge is 2.09. The Balaban J connectivity index is 2.20. The molecule has 0 bridgehead atoms. The van der Waals surface area contributed by atoms with E-state index in [-0.39, 0.29) is 0 Å². The Hall–Kier alpha value is -1.76. The second-order valence-electron chi connectivity index (χ2n) is 3.75. The van der Waals surface area contributed by atoms with Gasteiger partial charge in [0.1, 0.15) is 0 Å². The van der Waals surface area contributed by atoms with Crippen LogP contribution in [0, 0.1) is 6.92 Å². The van der Waals surface area contributed by atoms with Crippen molar-refractivity contribution in [2.75, 3.05) is 0 Å². The number of nitrogens with zero attached hydrogens (tertiary/aromatic N) is 6. The maximum absolute atomic E-state index is 4.40. The van der Waals surface area contributed by atoms with Crippen molar-refractivity contribution in [2.24, 2.45) is 7.05 Å². The summed E-state index contributed by atoms with van der Waals surface area (Å²) in [4.78, 5) is 4.16. The molecule has 6 nitrogen and oxygen atoms in total. The van der Waals surface area contributed by atoms with Crippen LogP contribution in [0.5, 0.6) is 0 Å². The Bertz CT molecular complexity index is 698. The molecular formula is C10H9BrN6. The molecule has 7 heteroatoms. The van der Waals surface area contributed by atoms with Gasteiger partial charge in [-0.15, -0.1) is 14.8 Å². The van der Waals surface area contributed by atoms with Crippen LogP contribution in [-0.4, -0.2) is 29.6 Å². The highest BCUT2D eigenvalue weighted by Crippen LogP contribution is 2.20. The molecule has 17 heavy (non-hydrogen) atoms. The van der Waals surface area contributed by atoms with E-state index in [2.05, 4.69) is 36.2 Å². The van der Waals surface area contributed by atoms with E-state index in [0.29, 0.717) is 10.4 Å². The fourth-order valence-electron chi connectivity index (χ4n) is 1.75. The van der Waals surface area contributed by atoms with E-state index in [0.717, 1.165) is 17.0 Å². The van der Waals surface area contributed by atoms with Gasteiger partial charge >= 0.3 is 0 Å². The predicted molar refractivity (Wildman–Crippen MR) is 65.4 cm³/mol. The lowest BCUT2D eigenvalue weighted by atomic mass is 10.2. The quantitative estimate of drug-likeness (QED) is 0.683. The van der Waals surface area contributed by atoms with Gasteiger partial charge in [0.15, 0.2) is 5.65 Å². The van der Waals surface area contributed by atoms with Gasteiger partial charge in [-0.1, -0.05) is 0 Å². The molecule has 3 aromatic heterocycles. The molecule has 0 atom stereocenters. The minimum Gasteiger partial charge on any atom is -0.275 e. The highest BCUT2D eigenvalue weighted by atomic mass is 79.9. The topological polar surface area (TPSA) is 60.9 Å². The first-order chi connectivity index (χ1) is 8.13. The summed E-state index contributed by atoms with van der Waals surface area (Å²) in [6.45, 7) is 1.96. The van der Waals surface area contributed by atoms with E-state index in [1.54, 1.807) is 4.68 Å². The molecule has 0 radical (unpaired) electrons. The average molecular weight is 293 g/mol. The standard InChI is InChI=1S/C10H9BrN6/c1-6-7(5-16(2)13-6)8-3-4-9-12-10(11)15-17(9)14-8/h3-5H,1-2H3. The summed E-state index contributed by atoms with van der Waals surface area (Å²) in [5.74, 6) is 0. The fraction of sp³-hybridized carbons (Fsp3) is 0.200. The summed E-state index contributed by atoms with van der Waals surface area (Å²) >= 11 is 3.22. The number of hydrogen-bond donors (Lipinski definition) is 0. The van der Waals surface area contributed by atoms with Crippen LogP contribution in [0.15, 0.2) is 23.1 Å². The zero-order valence-corrected chi connectivity index (χ0v) is 10.9. The summed E-state index contributed by atoms with van der Waals surface area (Å²) in [6, 6.07) is 3.80. The molecule has 86 valence electrons. The second-order valence-corrected chi connectivity index (χ2v) is 4.46. The number of fused-ring (bicyclic) bond motifs is 1. The number of hydrogen-bond acceptors (Lipinski definition) is 4.